The molecule has 0 aliphatic carbocycles. The van der Waals surface area contributed by atoms with Crippen molar-refractivity contribution in [3.8, 4) is 39.1 Å². The van der Waals surface area contributed by atoms with E-state index in [-0.39, 0.29) is 0 Å². The van der Waals surface area contributed by atoms with Crippen molar-refractivity contribution in [3.05, 3.63) is 188 Å². The van der Waals surface area contributed by atoms with Gasteiger partial charge in [0.25, 0.3) is 0 Å². The van der Waals surface area contributed by atoms with Gasteiger partial charge in [-0.3, -0.25) is 0 Å². The van der Waals surface area contributed by atoms with Gasteiger partial charge in [-0.25, -0.2) is 0 Å². The minimum Gasteiger partial charge on any atom is -0.456 e. The fraction of sp³-hybridized carbons (Fsp3) is 0. The number of para-hydroxylation sites is 3. The topological polar surface area (TPSA) is 31.2 Å². The summed E-state index contributed by atoms with van der Waals surface area (Å²) in [6.07, 6.45) is 0. The predicted octanol–water partition coefficient (Wildman–Crippen LogP) is 16.0. The molecule has 0 aliphatic rings. The van der Waals surface area contributed by atoms with Crippen molar-refractivity contribution >= 4 is 97.2 Å². The second kappa shape index (κ2) is 12.1. The first kappa shape index (κ1) is 31.8. The molecule has 0 bridgehead atoms. The molecular formula is C54H31NO2S. The molecule has 4 aromatic heterocycles. The molecule has 0 N–H and O–H groups in total. The van der Waals surface area contributed by atoms with Crippen molar-refractivity contribution in [2.75, 3.05) is 0 Å². The van der Waals surface area contributed by atoms with E-state index >= 15 is 0 Å². The molecule has 0 saturated heterocycles. The smallest absolute Gasteiger partial charge is 0.143 e. The van der Waals surface area contributed by atoms with Crippen LogP contribution in [-0.2, 0) is 0 Å². The number of hydrogen-bond acceptors (Lipinski definition) is 3. The Morgan fingerprint density at radius 1 is 0.345 bits per heavy atom. The lowest BCUT2D eigenvalue weighted by Gasteiger charge is -2.12. The first-order valence-corrected chi connectivity index (χ1v) is 20.5. The molecular weight excluding hydrogens is 727 g/mol. The van der Waals surface area contributed by atoms with Crippen molar-refractivity contribution in [2.45, 2.75) is 0 Å². The lowest BCUT2D eigenvalue weighted by atomic mass is 9.98. The van der Waals surface area contributed by atoms with Crippen LogP contribution < -0.4 is 0 Å². The number of rotatable bonds is 4. The van der Waals surface area contributed by atoms with Gasteiger partial charge >= 0.3 is 0 Å². The monoisotopic (exact) mass is 757 g/mol. The maximum Gasteiger partial charge on any atom is 0.143 e. The summed E-state index contributed by atoms with van der Waals surface area (Å²) >= 11 is 1.87. The van der Waals surface area contributed by atoms with Gasteiger partial charge in [-0.1, -0.05) is 121 Å². The van der Waals surface area contributed by atoms with Gasteiger partial charge in [-0.15, -0.1) is 11.3 Å². The van der Waals surface area contributed by atoms with E-state index in [4.69, 9.17) is 8.83 Å². The van der Waals surface area contributed by atoms with Gasteiger partial charge in [0.15, 0.2) is 0 Å². The van der Waals surface area contributed by atoms with Crippen LogP contribution in [0.15, 0.2) is 197 Å². The van der Waals surface area contributed by atoms with Crippen molar-refractivity contribution in [1.82, 2.24) is 4.57 Å². The van der Waals surface area contributed by atoms with E-state index < -0.39 is 0 Å². The molecule has 0 saturated carbocycles. The first-order chi connectivity index (χ1) is 28.7. The number of nitrogens with zero attached hydrogens (tertiary/aromatic N) is 1. The molecule has 270 valence electrons. The minimum atomic E-state index is 0.901. The van der Waals surface area contributed by atoms with E-state index in [1.54, 1.807) is 0 Å². The molecule has 0 amide bonds. The molecule has 58 heavy (non-hydrogen) atoms. The van der Waals surface area contributed by atoms with Gasteiger partial charge < -0.3 is 13.4 Å². The van der Waals surface area contributed by atoms with Gasteiger partial charge in [0.1, 0.15) is 22.3 Å². The molecule has 4 heteroatoms. The van der Waals surface area contributed by atoms with Crippen LogP contribution >= 0.6 is 11.3 Å². The highest BCUT2D eigenvalue weighted by Crippen LogP contribution is 2.43. The maximum atomic E-state index is 6.54. The lowest BCUT2D eigenvalue weighted by molar-refractivity contribution is 0.669. The molecule has 0 unspecified atom stereocenters. The summed E-state index contributed by atoms with van der Waals surface area (Å²) in [4.78, 5) is 0. The average molecular weight is 758 g/mol. The van der Waals surface area contributed by atoms with Gasteiger partial charge in [-0.2, -0.15) is 0 Å². The second-order valence-corrected chi connectivity index (χ2v) is 16.3. The van der Waals surface area contributed by atoms with Gasteiger partial charge in [0.05, 0.1) is 11.0 Å². The Balaban J connectivity index is 1.04. The summed E-state index contributed by atoms with van der Waals surface area (Å²) in [5.74, 6) is 0. The van der Waals surface area contributed by atoms with E-state index in [9.17, 15) is 0 Å². The zero-order valence-corrected chi connectivity index (χ0v) is 31.9. The maximum absolute atomic E-state index is 6.54. The van der Waals surface area contributed by atoms with Crippen LogP contribution in [0.1, 0.15) is 0 Å². The summed E-state index contributed by atoms with van der Waals surface area (Å²) in [6, 6.07) is 67.9. The van der Waals surface area contributed by atoms with Crippen molar-refractivity contribution in [2.24, 2.45) is 0 Å². The number of benzene rings is 9. The molecule has 4 heterocycles. The first-order valence-electron chi connectivity index (χ1n) is 19.7. The van der Waals surface area contributed by atoms with Gasteiger partial charge in [0.2, 0.25) is 0 Å². The third-order valence-electron chi connectivity index (χ3n) is 12.0. The zero-order valence-electron chi connectivity index (χ0n) is 31.1. The molecule has 13 aromatic rings. The lowest BCUT2D eigenvalue weighted by Crippen LogP contribution is -1.94. The van der Waals surface area contributed by atoms with E-state index in [1.807, 2.05) is 29.5 Å². The number of furan rings is 2. The second-order valence-electron chi connectivity index (χ2n) is 15.2. The third-order valence-corrected chi connectivity index (χ3v) is 13.2. The van der Waals surface area contributed by atoms with Crippen LogP contribution in [0.3, 0.4) is 0 Å². The third kappa shape index (κ3) is 4.61. The quantitative estimate of drug-likeness (QED) is 0.179. The zero-order chi connectivity index (χ0) is 37.9. The molecule has 0 aliphatic heterocycles. The Labute approximate surface area is 336 Å². The molecule has 13 rings (SSSR count). The van der Waals surface area contributed by atoms with Crippen LogP contribution in [-0.4, -0.2) is 4.57 Å². The van der Waals surface area contributed by atoms with Crippen molar-refractivity contribution in [1.29, 1.82) is 0 Å². The number of thiophene rings is 1. The highest BCUT2D eigenvalue weighted by molar-refractivity contribution is 7.26. The molecule has 0 fully saturated rings. The van der Waals surface area contributed by atoms with Gasteiger partial charge in [-0.05, 0) is 94.5 Å². The van der Waals surface area contributed by atoms with E-state index in [1.165, 1.54) is 42.1 Å². The Morgan fingerprint density at radius 2 is 0.914 bits per heavy atom. The summed E-state index contributed by atoms with van der Waals surface area (Å²) in [5.41, 5.74) is 14.1. The number of aromatic nitrogens is 1. The summed E-state index contributed by atoms with van der Waals surface area (Å²) in [5, 5.41) is 9.53. The van der Waals surface area contributed by atoms with Crippen molar-refractivity contribution < 1.29 is 8.83 Å². The van der Waals surface area contributed by atoms with Crippen LogP contribution in [0.5, 0.6) is 0 Å². The standard InChI is InChI=1S/C54H31NO2S/c1-5-20-50-39(12-1)42-17-8-15-37(53(42)57-50)35-23-26-48-45(31-35)44-29-32(33-24-27-51-46(30-33)40-13-2-4-19-49(40)56-51)22-25-47(44)55(48)36-11-7-10-34(28-36)38-16-9-18-43-41-14-3-6-21-52(41)58-54(38)43/h1-31H. The van der Waals surface area contributed by atoms with Crippen LogP contribution in [0.2, 0.25) is 0 Å². The minimum absolute atomic E-state index is 0.901. The Bertz CT molecular complexity index is 3820. The molecule has 0 atom stereocenters. The molecule has 9 aromatic carbocycles. The highest BCUT2D eigenvalue weighted by atomic mass is 32.1. The normalized spacial score (nSPS) is 12.1. The van der Waals surface area contributed by atoms with Crippen molar-refractivity contribution in [3.63, 3.8) is 0 Å². The largest absolute Gasteiger partial charge is 0.456 e. The molecule has 3 nitrogen and oxygen atoms in total. The Kier molecular flexibility index (Phi) is 6.60. The highest BCUT2D eigenvalue weighted by Gasteiger charge is 2.19. The molecule has 0 radical (unpaired) electrons. The van der Waals surface area contributed by atoms with Crippen LogP contribution in [0.4, 0.5) is 0 Å². The molecule has 0 spiro atoms. The van der Waals surface area contributed by atoms with E-state index in [2.05, 4.69) is 174 Å². The Morgan fingerprint density at radius 3 is 1.74 bits per heavy atom. The Hall–Kier alpha value is -7.40. The fourth-order valence-corrected chi connectivity index (χ4v) is 10.6. The number of hydrogen-bond donors (Lipinski definition) is 0. The summed E-state index contributed by atoms with van der Waals surface area (Å²) < 4.78 is 17.8. The predicted molar refractivity (Wildman–Crippen MR) is 245 cm³/mol. The van der Waals surface area contributed by atoms with E-state index in [0.717, 1.165) is 82.9 Å². The fourth-order valence-electron chi connectivity index (χ4n) is 9.32. The van der Waals surface area contributed by atoms with Gasteiger partial charge in [0, 0.05) is 63.7 Å². The van der Waals surface area contributed by atoms with Crippen LogP contribution in [0.25, 0.3) is 125 Å². The average Bonchev–Trinajstić information content (AvgIpc) is 4.04. The number of fused-ring (bicyclic) bond motifs is 12. The summed E-state index contributed by atoms with van der Waals surface area (Å²) in [6.45, 7) is 0. The van der Waals surface area contributed by atoms with E-state index in [0.29, 0.717) is 0 Å². The SMILES string of the molecule is c1cc(-c2cccc3c2sc2ccccc23)cc(-n2c3ccc(-c4ccc5oc6ccccc6c5c4)cc3c3cc(-c4cccc5c4oc4ccccc45)ccc32)c1. The van der Waals surface area contributed by atoms with Crippen LogP contribution in [0, 0.1) is 0 Å². The summed E-state index contributed by atoms with van der Waals surface area (Å²) in [7, 11) is 0.